The van der Waals surface area contributed by atoms with E-state index in [9.17, 15) is 4.79 Å². The molecule has 136 valence electrons. The summed E-state index contributed by atoms with van der Waals surface area (Å²) in [5.74, 6) is 1.45. The van der Waals surface area contributed by atoms with Gasteiger partial charge in [0.25, 0.3) is 0 Å². The zero-order chi connectivity index (χ0) is 19.1. The number of aryl methyl sites for hydroxylation is 1. The molecule has 3 rings (SSSR count). The van der Waals surface area contributed by atoms with Crippen LogP contribution in [0.3, 0.4) is 0 Å². The van der Waals surface area contributed by atoms with Crippen molar-refractivity contribution in [3.63, 3.8) is 0 Å². The van der Waals surface area contributed by atoms with Gasteiger partial charge in [-0.2, -0.15) is 0 Å². The molecule has 0 atom stereocenters. The number of hydrogen-bond donors (Lipinski definition) is 0. The molecule has 27 heavy (non-hydrogen) atoms. The van der Waals surface area contributed by atoms with Crippen molar-refractivity contribution in [2.24, 2.45) is 0 Å². The molecule has 0 N–H and O–H groups in total. The standard InChI is InChI=1S/C24H22O3/c1-18-6-8-20(9-7-18)17-27-23-5-3-4-19(16-23)10-15-24(25)21-11-13-22(26-2)14-12-21/h3-16H,17H2,1-2H3/b15-10+. The molecule has 0 aliphatic rings. The molecule has 0 amide bonds. The summed E-state index contributed by atoms with van der Waals surface area (Å²) in [7, 11) is 1.60. The molecule has 0 unspecified atom stereocenters. The normalized spacial score (nSPS) is 10.7. The third-order valence-corrected chi connectivity index (χ3v) is 4.19. The van der Waals surface area contributed by atoms with E-state index in [2.05, 4.69) is 31.2 Å². The first-order valence-electron chi connectivity index (χ1n) is 8.79. The molecule has 0 aliphatic carbocycles. The summed E-state index contributed by atoms with van der Waals surface area (Å²) in [6.07, 6.45) is 3.37. The number of ether oxygens (including phenoxy) is 2. The number of allylic oxidation sites excluding steroid dienone is 1. The lowest BCUT2D eigenvalue weighted by atomic mass is 10.1. The zero-order valence-electron chi connectivity index (χ0n) is 15.5. The molecule has 0 radical (unpaired) electrons. The number of carbonyl (C=O) groups excluding carboxylic acids is 1. The molecular weight excluding hydrogens is 336 g/mol. The van der Waals surface area contributed by atoms with Gasteiger partial charge in [0.1, 0.15) is 18.1 Å². The molecule has 0 spiro atoms. The predicted octanol–water partition coefficient (Wildman–Crippen LogP) is 5.48. The average Bonchev–Trinajstić information content (AvgIpc) is 2.72. The lowest BCUT2D eigenvalue weighted by Crippen LogP contribution is -1.96. The third-order valence-electron chi connectivity index (χ3n) is 4.19. The van der Waals surface area contributed by atoms with Crippen molar-refractivity contribution in [3.8, 4) is 11.5 Å². The van der Waals surface area contributed by atoms with E-state index in [1.54, 1.807) is 43.5 Å². The first-order chi connectivity index (χ1) is 13.1. The van der Waals surface area contributed by atoms with E-state index in [4.69, 9.17) is 9.47 Å². The van der Waals surface area contributed by atoms with Crippen LogP contribution in [0.4, 0.5) is 0 Å². The molecule has 3 nitrogen and oxygen atoms in total. The van der Waals surface area contributed by atoms with Crippen LogP contribution in [0, 0.1) is 6.92 Å². The van der Waals surface area contributed by atoms with Gasteiger partial charge in [-0.05, 0) is 60.5 Å². The number of rotatable bonds is 7. The van der Waals surface area contributed by atoms with Crippen molar-refractivity contribution in [2.45, 2.75) is 13.5 Å². The average molecular weight is 358 g/mol. The smallest absolute Gasteiger partial charge is 0.185 e. The Morgan fingerprint density at radius 1 is 0.926 bits per heavy atom. The van der Waals surface area contributed by atoms with Crippen molar-refractivity contribution in [1.82, 2.24) is 0 Å². The first kappa shape index (κ1) is 18.5. The van der Waals surface area contributed by atoms with Crippen molar-refractivity contribution in [2.75, 3.05) is 7.11 Å². The fourth-order valence-corrected chi connectivity index (χ4v) is 2.58. The Labute approximate surface area is 159 Å². The van der Waals surface area contributed by atoms with Gasteiger partial charge in [0.05, 0.1) is 7.11 Å². The fourth-order valence-electron chi connectivity index (χ4n) is 2.58. The van der Waals surface area contributed by atoms with Gasteiger partial charge in [0, 0.05) is 5.56 Å². The Balaban J connectivity index is 1.63. The van der Waals surface area contributed by atoms with Gasteiger partial charge in [-0.25, -0.2) is 0 Å². The highest BCUT2D eigenvalue weighted by Gasteiger charge is 2.02. The Morgan fingerprint density at radius 2 is 1.67 bits per heavy atom. The topological polar surface area (TPSA) is 35.5 Å². The largest absolute Gasteiger partial charge is 0.497 e. The van der Waals surface area contributed by atoms with Crippen LogP contribution < -0.4 is 9.47 Å². The summed E-state index contributed by atoms with van der Waals surface area (Å²) < 4.78 is 11.0. The number of carbonyl (C=O) groups is 1. The molecule has 3 aromatic carbocycles. The van der Waals surface area contributed by atoms with E-state index >= 15 is 0 Å². The summed E-state index contributed by atoms with van der Waals surface area (Å²) in [5.41, 5.74) is 3.89. The van der Waals surface area contributed by atoms with Gasteiger partial charge < -0.3 is 9.47 Å². The maximum Gasteiger partial charge on any atom is 0.185 e. The second kappa shape index (κ2) is 8.86. The Kier molecular flexibility index (Phi) is 6.06. The van der Waals surface area contributed by atoms with E-state index in [-0.39, 0.29) is 5.78 Å². The van der Waals surface area contributed by atoms with Crippen molar-refractivity contribution in [1.29, 1.82) is 0 Å². The molecule has 0 bridgehead atoms. The quantitative estimate of drug-likeness (QED) is 0.414. The summed E-state index contributed by atoms with van der Waals surface area (Å²) in [6.45, 7) is 2.58. The van der Waals surface area contributed by atoms with E-state index in [1.807, 2.05) is 24.3 Å². The molecule has 0 saturated carbocycles. The monoisotopic (exact) mass is 358 g/mol. The van der Waals surface area contributed by atoms with Crippen molar-refractivity contribution >= 4 is 11.9 Å². The minimum atomic E-state index is -0.0522. The van der Waals surface area contributed by atoms with E-state index < -0.39 is 0 Å². The molecule has 3 aromatic rings. The van der Waals surface area contributed by atoms with Crippen LogP contribution >= 0.6 is 0 Å². The lowest BCUT2D eigenvalue weighted by Gasteiger charge is -2.07. The van der Waals surface area contributed by atoms with Crippen LogP contribution in [-0.2, 0) is 6.61 Å². The lowest BCUT2D eigenvalue weighted by molar-refractivity contribution is 0.104. The molecule has 0 saturated heterocycles. The van der Waals surface area contributed by atoms with Crippen LogP contribution in [0.25, 0.3) is 6.08 Å². The van der Waals surface area contributed by atoms with E-state index in [0.717, 1.165) is 22.6 Å². The first-order valence-corrected chi connectivity index (χ1v) is 8.79. The molecular formula is C24H22O3. The van der Waals surface area contributed by atoms with Gasteiger partial charge >= 0.3 is 0 Å². The molecule has 3 heteroatoms. The van der Waals surface area contributed by atoms with Crippen LogP contribution in [0.15, 0.2) is 78.9 Å². The van der Waals surface area contributed by atoms with Crippen molar-refractivity contribution < 1.29 is 14.3 Å². The summed E-state index contributed by atoms with van der Waals surface area (Å²) in [4.78, 5) is 12.3. The second-order valence-electron chi connectivity index (χ2n) is 6.27. The van der Waals surface area contributed by atoms with Crippen molar-refractivity contribution in [3.05, 3.63) is 101 Å². The number of methoxy groups -OCH3 is 1. The van der Waals surface area contributed by atoms with E-state index in [0.29, 0.717) is 12.2 Å². The Bertz CT molecular complexity index is 923. The highest BCUT2D eigenvalue weighted by molar-refractivity contribution is 6.06. The zero-order valence-corrected chi connectivity index (χ0v) is 15.5. The third kappa shape index (κ3) is 5.32. The van der Waals surface area contributed by atoms with Gasteiger partial charge in [0.2, 0.25) is 0 Å². The Morgan fingerprint density at radius 3 is 2.37 bits per heavy atom. The SMILES string of the molecule is COc1ccc(C(=O)/C=C/c2cccc(OCc3ccc(C)cc3)c2)cc1. The molecule has 0 aromatic heterocycles. The summed E-state index contributed by atoms with van der Waals surface area (Å²) >= 11 is 0. The van der Waals surface area contributed by atoms with Gasteiger partial charge in [0.15, 0.2) is 5.78 Å². The highest BCUT2D eigenvalue weighted by Crippen LogP contribution is 2.17. The highest BCUT2D eigenvalue weighted by atomic mass is 16.5. The maximum absolute atomic E-state index is 12.3. The van der Waals surface area contributed by atoms with Crippen LogP contribution in [0.2, 0.25) is 0 Å². The fraction of sp³-hybridized carbons (Fsp3) is 0.125. The van der Waals surface area contributed by atoms with Crippen LogP contribution in [-0.4, -0.2) is 12.9 Å². The molecule has 0 fully saturated rings. The number of benzene rings is 3. The summed E-state index contributed by atoms with van der Waals surface area (Å²) in [5, 5.41) is 0. The minimum Gasteiger partial charge on any atom is -0.497 e. The second-order valence-corrected chi connectivity index (χ2v) is 6.27. The molecule has 0 aliphatic heterocycles. The van der Waals surface area contributed by atoms with Gasteiger partial charge in [-0.1, -0.05) is 48.0 Å². The van der Waals surface area contributed by atoms with Gasteiger partial charge in [-0.15, -0.1) is 0 Å². The maximum atomic E-state index is 12.3. The van der Waals surface area contributed by atoms with Gasteiger partial charge in [-0.3, -0.25) is 4.79 Å². The minimum absolute atomic E-state index is 0.0522. The number of hydrogen-bond acceptors (Lipinski definition) is 3. The van der Waals surface area contributed by atoms with E-state index in [1.165, 1.54) is 5.56 Å². The Hall–Kier alpha value is -3.33. The molecule has 0 heterocycles. The summed E-state index contributed by atoms with van der Waals surface area (Å²) in [6, 6.07) is 23.0. The predicted molar refractivity (Wildman–Crippen MR) is 108 cm³/mol. The number of ketones is 1. The van der Waals surface area contributed by atoms with Crippen LogP contribution in [0.5, 0.6) is 11.5 Å². The van der Waals surface area contributed by atoms with Crippen LogP contribution in [0.1, 0.15) is 27.0 Å².